The topological polar surface area (TPSA) is 74.6 Å². The van der Waals surface area contributed by atoms with E-state index in [9.17, 15) is 14.7 Å². The maximum absolute atomic E-state index is 11.8. The van der Waals surface area contributed by atoms with Gasteiger partial charge in [-0.05, 0) is 56.3 Å². The minimum absolute atomic E-state index is 0.112. The molecular formula is C17H26O4. The summed E-state index contributed by atoms with van der Waals surface area (Å²) in [6, 6.07) is 0. The lowest BCUT2D eigenvalue weighted by Crippen LogP contribution is -2.53. The van der Waals surface area contributed by atoms with Gasteiger partial charge in [-0.1, -0.05) is 25.5 Å². The zero-order valence-electron chi connectivity index (χ0n) is 13.0. The van der Waals surface area contributed by atoms with Gasteiger partial charge in [-0.2, -0.15) is 0 Å². The number of carboxylic acid groups (broad SMARTS) is 2. The van der Waals surface area contributed by atoms with E-state index in [-0.39, 0.29) is 23.7 Å². The van der Waals surface area contributed by atoms with Crippen molar-refractivity contribution < 1.29 is 19.8 Å². The highest BCUT2D eigenvalue weighted by Crippen LogP contribution is 2.61. The largest absolute Gasteiger partial charge is 0.481 e. The van der Waals surface area contributed by atoms with E-state index in [0.717, 1.165) is 37.7 Å². The summed E-state index contributed by atoms with van der Waals surface area (Å²) in [5.41, 5.74) is 0.301. The van der Waals surface area contributed by atoms with Crippen LogP contribution < -0.4 is 0 Å². The SMILES string of the molecule is C=C1CCC2C(C)(C(=O)O)CCCC2(C)C1CCC(=O)O. The molecule has 2 N–H and O–H groups in total. The lowest BCUT2D eigenvalue weighted by atomic mass is 9.46. The van der Waals surface area contributed by atoms with E-state index < -0.39 is 17.4 Å². The molecule has 2 aliphatic rings. The quantitative estimate of drug-likeness (QED) is 0.775. The Morgan fingerprint density at radius 1 is 1.29 bits per heavy atom. The number of rotatable bonds is 4. The summed E-state index contributed by atoms with van der Waals surface area (Å²) < 4.78 is 0. The second-order valence-electron chi connectivity index (χ2n) is 7.32. The molecule has 4 heteroatoms. The van der Waals surface area contributed by atoms with Gasteiger partial charge in [-0.15, -0.1) is 0 Å². The van der Waals surface area contributed by atoms with Gasteiger partial charge >= 0.3 is 11.9 Å². The van der Waals surface area contributed by atoms with Crippen LogP contribution in [0.1, 0.15) is 58.8 Å². The summed E-state index contributed by atoms with van der Waals surface area (Å²) in [7, 11) is 0. The van der Waals surface area contributed by atoms with Gasteiger partial charge < -0.3 is 10.2 Å². The fourth-order valence-electron chi connectivity index (χ4n) is 5.01. The van der Waals surface area contributed by atoms with Crippen molar-refractivity contribution in [1.82, 2.24) is 0 Å². The number of carboxylic acids is 2. The fraction of sp³-hybridized carbons (Fsp3) is 0.765. The molecule has 4 nitrogen and oxygen atoms in total. The molecule has 2 rings (SSSR count). The van der Waals surface area contributed by atoms with E-state index in [1.165, 1.54) is 0 Å². The van der Waals surface area contributed by atoms with Gasteiger partial charge in [-0.25, -0.2) is 0 Å². The Labute approximate surface area is 126 Å². The molecule has 0 aromatic rings. The third kappa shape index (κ3) is 2.60. The molecule has 0 aromatic carbocycles. The number of aliphatic carboxylic acids is 2. The first-order valence-corrected chi connectivity index (χ1v) is 7.84. The van der Waals surface area contributed by atoms with Crippen molar-refractivity contribution in [1.29, 1.82) is 0 Å². The van der Waals surface area contributed by atoms with Crippen molar-refractivity contribution in [3.8, 4) is 0 Å². The average Bonchev–Trinajstić information content (AvgIpc) is 2.36. The summed E-state index contributed by atoms with van der Waals surface area (Å²) in [6.45, 7) is 8.20. The Kier molecular flexibility index (Phi) is 4.18. The van der Waals surface area contributed by atoms with E-state index in [4.69, 9.17) is 5.11 Å². The van der Waals surface area contributed by atoms with Crippen molar-refractivity contribution in [2.24, 2.45) is 22.7 Å². The third-order valence-corrected chi connectivity index (χ3v) is 6.16. The minimum Gasteiger partial charge on any atom is -0.481 e. The maximum atomic E-state index is 11.8. The van der Waals surface area contributed by atoms with Gasteiger partial charge in [0.15, 0.2) is 0 Å². The number of hydrogen-bond donors (Lipinski definition) is 2. The zero-order chi connectivity index (χ0) is 15.8. The molecule has 2 saturated carbocycles. The third-order valence-electron chi connectivity index (χ3n) is 6.16. The van der Waals surface area contributed by atoms with E-state index in [1.54, 1.807) is 0 Å². The highest BCUT2D eigenvalue weighted by atomic mass is 16.4. The first kappa shape index (κ1) is 16.1. The van der Waals surface area contributed by atoms with Crippen LogP contribution in [-0.2, 0) is 9.59 Å². The number of fused-ring (bicyclic) bond motifs is 1. The average molecular weight is 294 g/mol. The summed E-state index contributed by atoms with van der Waals surface area (Å²) in [5.74, 6) is -1.25. The molecular weight excluding hydrogens is 268 g/mol. The van der Waals surface area contributed by atoms with Gasteiger partial charge in [0, 0.05) is 6.42 Å². The van der Waals surface area contributed by atoms with Crippen LogP contribution in [-0.4, -0.2) is 22.2 Å². The minimum atomic E-state index is -0.787. The monoisotopic (exact) mass is 294 g/mol. The Morgan fingerprint density at radius 3 is 2.52 bits per heavy atom. The van der Waals surface area contributed by atoms with Crippen molar-refractivity contribution in [3.63, 3.8) is 0 Å². The Morgan fingerprint density at radius 2 is 1.95 bits per heavy atom. The Balaban J connectivity index is 2.33. The van der Waals surface area contributed by atoms with E-state index in [2.05, 4.69) is 13.5 Å². The molecule has 118 valence electrons. The molecule has 21 heavy (non-hydrogen) atoms. The Hall–Kier alpha value is -1.32. The second-order valence-corrected chi connectivity index (χ2v) is 7.32. The molecule has 0 heterocycles. The predicted octanol–water partition coefficient (Wildman–Crippen LogP) is 3.71. The molecule has 4 unspecified atom stereocenters. The summed E-state index contributed by atoms with van der Waals surface area (Å²) in [6.07, 6.45) is 5.00. The predicted molar refractivity (Wildman–Crippen MR) is 79.9 cm³/mol. The van der Waals surface area contributed by atoms with Crippen LogP contribution in [0, 0.1) is 22.7 Å². The van der Waals surface area contributed by atoms with Gasteiger partial charge in [0.1, 0.15) is 0 Å². The molecule has 4 atom stereocenters. The van der Waals surface area contributed by atoms with Gasteiger partial charge in [0.25, 0.3) is 0 Å². The molecule has 0 amide bonds. The molecule has 0 radical (unpaired) electrons. The van der Waals surface area contributed by atoms with Crippen LogP contribution in [0.25, 0.3) is 0 Å². The Bertz CT molecular complexity index is 469. The van der Waals surface area contributed by atoms with E-state index in [0.29, 0.717) is 6.42 Å². The molecule has 0 saturated heterocycles. The van der Waals surface area contributed by atoms with Gasteiger partial charge in [0.2, 0.25) is 0 Å². The van der Waals surface area contributed by atoms with Crippen molar-refractivity contribution >= 4 is 11.9 Å². The smallest absolute Gasteiger partial charge is 0.309 e. The van der Waals surface area contributed by atoms with Gasteiger partial charge in [-0.3, -0.25) is 9.59 Å². The summed E-state index contributed by atoms with van der Waals surface area (Å²) in [5, 5.41) is 18.7. The fourth-order valence-corrected chi connectivity index (χ4v) is 5.01. The molecule has 0 aromatic heterocycles. The normalized spacial score (nSPS) is 39.6. The molecule has 0 spiro atoms. The number of hydrogen-bond acceptors (Lipinski definition) is 2. The number of carbonyl (C=O) groups is 2. The van der Waals surface area contributed by atoms with Crippen LogP contribution >= 0.6 is 0 Å². The molecule has 2 aliphatic carbocycles. The van der Waals surface area contributed by atoms with E-state index in [1.807, 2.05) is 6.92 Å². The standard InChI is InChI=1S/C17H26O4/c1-11-5-7-13-16(2,12(11)6-8-14(18)19)9-4-10-17(13,3)15(20)21/h12-13H,1,4-10H2,2-3H3,(H,18,19)(H,20,21). The van der Waals surface area contributed by atoms with Gasteiger partial charge in [0.05, 0.1) is 5.41 Å². The van der Waals surface area contributed by atoms with Crippen LogP contribution in [0.5, 0.6) is 0 Å². The summed E-state index contributed by atoms with van der Waals surface area (Å²) in [4.78, 5) is 22.7. The van der Waals surface area contributed by atoms with E-state index >= 15 is 0 Å². The van der Waals surface area contributed by atoms with Crippen molar-refractivity contribution in [2.75, 3.05) is 0 Å². The van der Waals surface area contributed by atoms with Crippen LogP contribution in [0.2, 0.25) is 0 Å². The van der Waals surface area contributed by atoms with Crippen molar-refractivity contribution in [2.45, 2.75) is 58.8 Å². The molecule has 0 aliphatic heterocycles. The summed E-state index contributed by atoms with van der Waals surface area (Å²) >= 11 is 0. The van der Waals surface area contributed by atoms with Crippen LogP contribution in [0.3, 0.4) is 0 Å². The van der Waals surface area contributed by atoms with Crippen molar-refractivity contribution in [3.05, 3.63) is 12.2 Å². The van der Waals surface area contributed by atoms with Crippen LogP contribution in [0.15, 0.2) is 12.2 Å². The lowest BCUT2D eigenvalue weighted by Gasteiger charge is -2.57. The van der Waals surface area contributed by atoms with Crippen LogP contribution in [0.4, 0.5) is 0 Å². The number of allylic oxidation sites excluding steroid dienone is 1. The highest BCUT2D eigenvalue weighted by Gasteiger charge is 2.57. The first-order valence-electron chi connectivity index (χ1n) is 7.84. The highest BCUT2D eigenvalue weighted by molar-refractivity contribution is 5.75. The second kappa shape index (κ2) is 5.47. The maximum Gasteiger partial charge on any atom is 0.309 e. The lowest BCUT2D eigenvalue weighted by molar-refractivity contribution is -0.164. The molecule has 2 fully saturated rings. The zero-order valence-corrected chi connectivity index (χ0v) is 13.0. The molecule has 0 bridgehead atoms. The first-order chi connectivity index (χ1) is 9.71.